The second kappa shape index (κ2) is 30.3. The SMILES string of the molecule is CC(C)NCCOCCOCCCC(=O)CCC(=O)C(C)C.CC(C)NCCSSCCCC(=O)CCC(=O)C(C)C. The molecule has 0 heterocycles. The molecule has 0 saturated carbocycles. The predicted molar refractivity (Wildman–Crippen MR) is 179 cm³/mol. The molecule has 0 rings (SSSR count). The van der Waals surface area contributed by atoms with Crippen LogP contribution < -0.4 is 10.6 Å². The van der Waals surface area contributed by atoms with Crippen LogP contribution in [0, 0.1) is 11.8 Å². The Kier molecular flexibility index (Phi) is 31.2. The molecule has 10 heteroatoms. The lowest BCUT2D eigenvalue weighted by atomic mass is 10.0. The summed E-state index contributed by atoms with van der Waals surface area (Å²) in [7, 11) is 3.69. The smallest absolute Gasteiger partial charge is 0.135 e. The van der Waals surface area contributed by atoms with E-state index in [-0.39, 0.29) is 35.0 Å². The molecule has 0 bridgehead atoms. The quantitative estimate of drug-likeness (QED) is 0.0775. The molecule has 0 saturated heterocycles. The van der Waals surface area contributed by atoms with Crippen LogP contribution in [-0.4, -0.2) is 86.2 Å². The maximum atomic E-state index is 11.6. The lowest BCUT2D eigenvalue weighted by Gasteiger charge is -2.09. The van der Waals surface area contributed by atoms with E-state index in [2.05, 4.69) is 38.3 Å². The van der Waals surface area contributed by atoms with Crippen molar-refractivity contribution in [3.8, 4) is 0 Å². The van der Waals surface area contributed by atoms with E-state index >= 15 is 0 Å². The van der Waals surface area contributed by atoms with Crippen molar-refractivity contribution in [1.82, 2.24) is 10.6 Å². The number of nitrogens with one attached hydrogen (secondary N) is 2. The highest BCUT2D eigenvalue weighted by molar-refractivity contribution is 8.76. The fourth-order valence-corrected chi connectivity index (χ4v) is 5.31. The van der Waals surface area contributed by atoms with Gasteiger partial charge in [0.2, 0.25) is 0 Å². The van der Waals surface area contributed by atoms with Crippen molar-refractivity contribution < 1.29 is 28.7 Å². The second-order valence-corrected chi connectivity index (χ2v) is 14.3. The molecular formula is C32H62N2O6S2. The topological polar surface area (TPSA) is 111 Å². The summed E-state index contributed by atoms with van der Waals surface area (Å²) in [6.07, 6.45) is 4.31. The van der Waals surface area contributed by atoms with E-state index in [1.807, 2.05) is 49.3 Å². The standard InChI is InChI=1S/C17H33NO4.C15H29NO2S2/c1-14(2)17(20)8-7-16(19)6-5-10-21-12-13-22-11-9-18-15(3)4;1-12(2)15(18)8-7-14(17)6-5-10-19-20-11-9-16-13(3)4/h14-15,18H,5-13H2,1-4H3;12-13,16H,5-11H2,1-4H3. The highest BCUT2D eigenvalue weighted by Gasteiger charge is 2.11. The Bertz CT molecular complexity index is 702. The molecule has 248 valence electrons. The molecule has 42 heavy (non-hydrogen) atoms. The summed E-state index contributed by atoms with van der Waals surface area (Å²) in [6, 6.07) is 1.03. The van der Waals surface area contributed by atoms with Crippen molar-refractivity contribution in [1.29, 1.82) is 0 Å². The summed E-state index contributed by atoms with van der Waals surface area (Å²) < 4.78 is 10.8. The van der Waals surface area contributed by atoms with Gasteiger partial charge in [-0.2, -0.15) is 0 Å². The van der Waals surface area contributed by atoms with Gasteiger partial charge >= 0.3 is 0 Å². The second-order valence-electron chi connectivity index (χ2n) is 11.6. The number of carbonyl (C=O) groups is 4. The summed E-state index contributed by atoms with van der Waals surface area (Å²) >= 11 is 0. The Labute approximate surface area is 265 Å². The molecule has 0 aromatic carbocycles. The van der Waals surface area contributed by atoms with Crippen molar-refractivity contribution in [2.24, 2.45) is 11.8 Å². The Morgan fingerprint density at radius 3 is 1.48 bits per heavy atom. The third kappa shape index (κ3) is 33.7. The lowest BCUT2D eigenvalue weighted by molar-refractivity contribution is -0.126. The molecule has 0 unspecified atom stereocenters. The van der Waals surface area contributed by atoms with E-state index in [9.17, 15) is 19.2 Å². The molecule has 0 aliphatic carbocycles. The molecule has 0 aromatic rings. The van der Waals surface area contributed by atoms with Gasteiger partial charge in [0, 0.05) is 93.6 Å². The first-order valence-electron chi connectivity index (χ1n) is 15.8. The average molecular weight is 635 g/mol. The van der Waals surface area contributed by atoms with Crippen molar-refractivity contribution >= 4 is 44.7 Å². The minimum Gasteiger partial charge on any atom is -0.379 e. The number of hydrogen-bond donors (Lipinski definition) is 2. The zero-order chi connectivity index (χ0) is 32.2. The van der Waals surface area contributed by atoms with Crippen LogP contribution in [0.2, 0.25) is 0 Å². The fourth-order valence-electron chi connectivity index (χ4n) is 3.30. The van der Waals surface area contributed by atoms with Gasteiger partial charge in [0.05, 0.1) is 19.8 Å². The molecule has 0 aromatic heterocycles. The van der Waals surface area contributed by atoms with E-state index in [0.717, 1.165) is 31.0 Å². The average Bonchev–Trinajstić information content (AvgIpc) is 2.92. The highest BCUT2D eigenvalue weighted by atomic mass is 33.1. The van der Waals surface area contributed by atoms with Crippen LogP contribution in [-0.2, 0) is 28.7 Å². The summed E-state index contributed by atoms with van der Waals surface area (Å²) in [5.74, 6) is 2.91. The van der Waals surface area contributed by atoms with Gasteiger partial charge in [-0.1, -0.05) is 77.0 Å². The number of carbonyl (C=O) groups excluding carboxylic acids is 4. The largest absolute Gasteiger partial charge is 0.379 e. The Hall–Kier alpha value is -0.780. The van der Waals surface area contributed by atoms with Crippen LogP contribution >= 0.6 is 21.6 Å². The van der Waals surface area contributed by atoms with Gasteiger partial charge in [-0.05, 0) is 12.8 Å². The van der Waals surface area contributed by atoms with E-state index in [1.54, 1.807) is 0 Å². The minimum absolute atomic E-state index is 0.0203. The van der Waals surface area contributed by atoms with Crippen LogP contribution in [0.1, 0.15) is 107 Å². The Balaban J connectivity index is 0. The third-order valence-electron chi connectivity index (χ3n) is 6.01. The summed E-state index contributed by atoms with van der Waals surface area (Å²) in [4.78, 5) is 46.0. The number of Topliss-reactive ketones (excluding diaryl/α,β-unsaturated/α-hetero) is 4. The molecule has 8 nitrogen and oxygen atoms in total. The normalized spacial score (nSPS) is 11.3. The van der Waals surface area contributed by atoms with Crippen LogP contribution in [0.5, 0.6) is 0 Å². The molecule has 2 N–H and O–H groups in total. The van der Waals surface area contributed by atoms with Crippen LogP contribution in [0.15, 0.2) is 0 Å². The van der Waals surface area contributed by atoms with Crippen molar-refractivity contribution in [3.63, 3.8) is 0 Å². The molecular weight excluding hydrogens is 572 g/mol. The molecule has 0 aliphatic rings. The van der Waals surface area contributed by atoms with Crippen LogP contribution in [0.25, 0.3) is 0 Å². The number of ketones is 4. The van der Waals surface area contributed by atoms with Gasteiger partial charge < -0.3 is 20.1 Å². The van der Waals surface area contributed by atoms with Gasteiger partial charge in [0.1, 0.15) is 23.1 Å². The summed E-state index contributed by atoms with van der Waals surface area (Å²) in [6.45, 7) is 20.3. The first kappa shape index (κ1) is 43.3. The minimum atomic E-state index is 0.0203. The van der Waals surface area contributed by atoms with Crippen molar-refractivity contribution in [2.75, 3.05) is 51.0 Å². The number of rotatable bonds is 28. The van der Waals surface area contributed by atoms with Gasteiger partial charge in [0.25, 0.3) is 0 Å². The first-order chi connectivity index (χ1) is 19.9. The van der Waals surface area contributed by atoms with Crippen LogP contribution in [0.4, 0.5) is 0 Å². The van der Waals surface area contributed by atoms with E-state index < -0.39 is 0 Å². The lowest BCUT2D eigenvalue weighted by Crippen LogP contribution is -2.27. The third-order valence-corrected chi connectivity index (χ3v) is 8.50. The highest BCUT2D eigenvalue weighted by Crippen LogP contribution is 2.22. The summed E-state index contributed by atoms with van der Waals surface area (Å²) in [5.41, 5.74) is 0. The number of ether oxygens (including phenoxy) is 2. The van der Waals surface area contributed by atoms with Gasteiger partial charge in [-0.25, -0.2) is 0 Å². The molecule has 0 radical (unpaired) electrons. The Morgan fingerprint density at radius 1 is 0.524 bits per heavy atom. The van der Waals surface area contributed by atoms with Gasteiger partial charge in [0.15, 0.2) is 0 Å². The predicted octanol–water partition coefficient (Wildman–Crippen LogP) is 6.09. The maximum absolute atomic E-state index is 11.6. The number of hydrogen-bond acceptors (Lipinski definition) is 10. The molecule has 0 spiro atoms. The van der Waals surface area contributed by atoms with Crippen molar-refractivity contribution in [3.05, 3.63) is 0 Å². The maximum Gasteiger partial charge on any atom is 0.135 e. The van der Waals surface area contributed by atoms with Gasteiger partial charge in [-0.15, -0.1) is 0 Å². The zero-order valence-corrected chi connectivity index (χ0v) is 29.5. The molecule has 0 aliphatic heterocycles. The molecule has 0 amide bonds. The fraction of sp³-hybridized carbons (Fsp3) is 0.875. The van der Waals surface area contributed by atoms with E-state index in [4.69, 9.17) is 9.47 Å². The van der Waals surface area contributed by atoms with Crippen LogP contribution in [0.3, 0.4) is 0 Å². The monoisotopic (exact) mass is 634 g/mol. The Morgan fingerprint density at radius 2 is 0.976 bits per heavy atom. The van der Waals surface area contributed by atoms with Crippen molar-refractivity contribution in [2.45, 2.75) is 119 Å². The molecule has 0 fully saturated rings. The molecule has 0 atom stereocenters. The zero-order valence-electron chi connectivity index (χ0n) is 27.9. The first-order valence-corrected chi connectivity index (χ1v) is 18.3. The van der Waals surface area contributed by atoms with E-state index in [1.165, 1.54) is 0 Å². The summed E-state index contributed by atoms with van der Waals surface area (Å²) in [5, 5.41) is 6.64. The van der Waals surface area contributed by atoms with E-state index in [0.29, 0.717) is 83.5 Å². The van der Waals surface area contributed by atoms with Gasteiger partial charge in [-0.3, -0.25) is 19.2 Å².